The normalized spacial score (nSPS) is 11.2. The second kappa shape index (κ2) is 8.19. The van der Waals surface area contributed by atoms with Gasteiger partial charge in [0.1, 0.15) is 5.76 Å². The van der Waals surface area contributed by atoms with E-state index < -0.39 is 23.4 Å². The average molecular weight is 413 g/mol. The minimum Gasteiger partial charge on any atom is -0.450 e. The first-order valence-electron chi connectivity index (χ1n) is 8.92. The van der Waals surface area contributed by atoms with Gasteiger partial charge in [-0.3, -0.25) is 20.2 Å². The minimum absolute atomic E-state index is 0.0580. The molecule has 0 aliphatic rings. The van der Waals surface area contributed by atoms with Gasteiger partial charge in [-0.25, -0.2) is 4.79 Å². The molecule has 1 N–H and O–H groups in total. The second-order valence-electron chi connectivity index (χ2n) is 7.42. The van der Waals surface area contributed by atoms with Crippen LogP contribution in [0, 0.1) is 10.1 Å². The van der Waals surface area contributed by atoms with E-state index in [1.54, 1.807) is 6.07 Å². The number of nitro benzene ring substituents is 1. The Morgan fingerprint density at radius 3 is 2.47 bits per heavy atom. The third kappa shape index (κ3) is 4.90. The SMILES string of the molecule is CC(C)(C)c1cc(NC(=O)COC(=O)c2ccc(-c3ccc([N+](=O)[O-])cc3)o2)on1. The number of carbonyl (C=O) groups is 2. The summed E-state index contributed by atoms with van der Waals surface area (Å²) in [5.74, 6) is -1.05. The van der Waals surface area contributed by atoms with Gasteiger partial charge in [0.05, 0.1) is 10.6 Å². The first-order chi connectivity index (χ1) is 14.1. The van der Waals surface area contributed by atoms with Gasteiger partial charge in [0.25, 0.3) is 11.6 Å². The van der Waals surface area contributed by atoms with E-state index in [1.165, 1.54) is 36.4 Å². The molecular weight excluding hydrogens is 394 g/mol. The largest absolute Gasteiger partial charge is 0.450 e. The van der Waals surface area contributed by atoms with Crippen LogP contribution in [0.2, 0.25) is 0 Å². The van der Waals surface area contributed by atoms with Crippen LogP contribution in [0.4, 0.5) is 11.6 Å². The molecule has 2 heterocycles. The van der Waals surface area contributed by atoms with Crippen LogP contribution >= 0.6 is 0 Å². The molecule has 0 saturated carbocycles. The van der Waals surface area contributed by atoms with Crippen LogP contribution in [0.15, 0.2) is 51.4 Å². The van der Waals surface area contributed by atoms with Crippen LogP contribution in [-0.2, 0) is 14.9 Å². The number of anilines is 1. The van der Waals surface area contributed by atoms with Gasteiger partial charge in [-0.1, -0.05) is 25.9 Å². The van der Waals surface area contributed by atoms with Gasteiger partial charge in [0.15, 0.2) is 6.61 Å². The highest BCUT2D eigenvalue weighted by Crippen LogP contribution is 2.25. The molecule has 0 radical (unpaired) electrons. The van der Waals surface area contributed by atoms with E-state index in [0.29, 0.717) is 17.0 Å². The van der Waals surface area contributed by atoms with E-state index in [4.69, 9.17) is 13.7 Å². The van der Waals surface area contributed by atoms with Crippen molar-refractivity contribution in [3.8, 4) is 11.3 Å². The number of amides is 1. The topological polar surface area (TPSA) is 138 Å². The number of esters is 1. The lowest BCUT2D eigenvalue weighted by molar-refractivity contribution is -0.384. The van der Waals surface area contributed by atoms with E-state index in [-0.39, 0.29) is 22.7 Å². The Balaban J connectivity index is 1.55. The lowest BCUT2D eigenvalue weighted by Crippen LogP contribution is -2.20. The average Bonchev–Trinajstić information content (AvgIpc) is 3.36. The third-order valence-electron chi connectivity index (χ3n) is 4.05. The molecule has 3 aromatic rings. The van der Waals surface area contributed by atoms with Gasteiger partial charge in [-0.2, -0.15) is 0 Å². The number of rotatable bonds is 6. The van der Waals surface area contributed by atoms with E-state index in [2.05, 4.69) is 10.5 Å². The van der Waals surface area contributed by atoms with Crippen molar-refractivity contribution in [2.24, 2.45) is 0 Å². The summed E-state index contributed by atoms with van der Waals surface area (Å²) >= 11 is 0. The predicted octanol–water partition coefficient (Wildman–Crippen LogP) is 3.94. The van der Waals surface area contributed by atoms with Gasteiger partial charge in [0, 0.05) is 29.2 Å². The van der Waals surface area contributed by atoms with Crippen molar-refractivity contribution in [1.29, 1.82) is 0 Å². The smallest absolute Gasteiger partial charge is 0.374 e. The molecular formula is C20H19N3O7. The van der Waals surface area contributed by atoms with E-state index in [9.17, 15) is 19.7 Å². The number of nitro groups is 1. The molecule has 0 spiro atoms. The van der Waals surface area contributed by atoms with E-state index in [0.717, 1.165) is 0 Å². The van der Waals surface area contributed by atoms with Crippen molar-refractivity contribution >= 4 is 23.4 Å². The maximum atomic E-state index is 12.1. The van der Waals surface area contributed by atoms with Crippen molar-refractivity contribution in [2.75, 3.05) is 11.9 Å². The van der Waals surface area contributed by atoms with Crippen molar-refractivity contribution in [1.82, 2.24) is 5.16 Å². The van der Waals surface area contributed by atoms with Crippen LogP contribution in [0.3, 0.4) is 0 Å². The molecule has 2 aromatic heterocycles. The maximum Gasteiger partial charge on any atom is 0.374 e. The van der Waals surface area contributed by atoms with Gasteiger partial charge < -0.3 is 13.7 Å². The Hall–Kier alpha value is -3.95. The molecule has 10 heteroatoms. The second-order valence-corrected chi connectivity index (χ2v) is 7.42. The lowest BCUT2D eigenvalue weighted by Gasteiger charge is -2.12. The molecule has 0 fully saturated rings. The van der Waals surface area contributed by atoms with E-state index >= 15 is 0 Å². The summed E-state index contributed by atoms with van der Waals surface area (Å²) in [6.45, 7) is 5.31. The van der Waals surface area contributed by atoms with Crippen LogP contribution in [0.25, 0.3) is 11.3 Å². The number of benzene rings is 1. The third-order valence-corrected chi connectivity index (χ3v) is 4.05. The van der Waals surface area contributed by atoms with Crippen LogP contribution < -0.4 is 5.32 Å². The zero-order chi connectivity index (χ0) is 21.9. The maximum absolute atomic E-state index is 12.1. The number of aromatic nitrogens is 1. The molecule has 0 aliphatic carbocycles. The molecule has 0 bridgehead atoms. The Morgan fingerprint density at radius 1 is 1.17 bits per heavy atom. The van der Waals surface area contributed by atoms with Crippen molar-refractivity contribution in [2.45, 2.75) is 26.2 Å². The predicted molar refractivity (Wildman–Crippen MR) is 105 cm³/mol. The van der Waals surface area contributed by atoms with Gasteiger partial charge in [0.2, 0.25) is 11.6 Å². The molecule has 30 heavy (non-hydrogen) atoms. The highest BCUT2D eigenvalue weighted by Gasteiger charge is 2.20. The molecule has 10 nitrogen and oxygen atoms in total. The molecule has 0 atom stereocenters. The van der Waals surface area contributed by atoms with Crippen molar-refractivity contribution < 1.29 is 28.2 Å². The first kappa shape index (κ1) is 20.8. The van der Waals surface area contributed by atoms with Gasteiger partial charge in [-0.05, 0) is 24.3 Å². The number of carbonyl (C=O) groups excluding carboxylic acids is 2. The van der Waals surface area contributed by atoms with Gasteiger partial charge >= 0.3 is 5.97 Å². The van der Waals surface area contributed by atoms with Crippen LogP contribution in [-0.4, -0.2) is 28.6 Å². The highest BCUT2D eigenvalue weighted by molar-refractivity contribution is 5.94. The quantitative estimate of drug-likeness (QED) is 0.364. The van der Waals surface area contributed by atoms with Crippen molar-refractivity contribution in [3.63, 3.8) is 0 Å². The standard InChI is InChI=1S/C20H19N3O7/c1-20(2,3)16-10-18(30-22-16)21-17(24)11-28-19(25)15-9-8-14(29-15)12-4-6-13(7-5-12)23(26)27/h4-10H,11H2,1-3H3,(H,21,24). The molecule has 1 aromatic carbocycles. The number of hydrogen-bond acceptors (Lipinski definition) is 8. The summed E-state index contributed by atoms with van der Waals surface area (Å²) in [5, 5.41) is 17.0. The van der Waals surface area contributed by atoms with Crippen LogP contribution in [0.5, 0.6) is 0 Å². The monoisotopic (exact) mass is 413 g/mol. The molecule has 156 valence electrons. The molecule has 3 rings (SSSR count). The summed E-state index contributed by atoms with van der Waals surface area (Å²) in [7, 11) is 0. The Morgan fingerprint density at radius 2 is 1.87 bits per heavy atom. The molecule has 0 saturated heterocycles. The summed E-state index contributed by atoms with van der Waals surface area (Å²) in [4.78, 5) is 34.3. The Bertz CT molecular complexity index is 1070. The first-order valence-corrected chi connectivity index (χ1v) is 8.92. The Kier molecular flexibility index (Phi) is 5.67. The van der Waals surface area contributed by atoms with Gasteiger partial charge in [-0.15, -0.1) is 0 Å². The fourth-order valence-electron chi connectivity index (χ4n) is 2.41. The number of hydrogen-bond donors (Lipinski definition) is 1. The number of nitrogens with one attached hydrogen (secondary N) is 1. The van der Waals surface area contributed by atoms with E-state index in [1.807, 2.05) is 20.8 Å². The molecule has 0 unspecified atom stereocenters. The number of ether oxygens (including phenoxy) is 1. The van der Waals surface area contributed by atoms with Crippen LogP contribution in [0.1, 0.15) is 37.0 Å². The fraction of sp³-hybridized carbons (Fsp3) is 0.250. The molecule has 1 amide bonds. The van der Waals surface area contributed by atoms with Crippen molar-refractivity contribution in [3.05, 3.63) is 64.0 Å². The summed E-state index contributed by atoms with van der Waals surface area (Å²) in [6, 6.07) is 10.2. The lowest BCUT2D eigenvalue weighted by atomic mass is 9.92. The number of furan rings is 1. The molecule has 0 aliphatic heterocycles. The summed E-state index contributed by atoms with van der Waals surface area (Å²) < 4.78 is 15.4. The number of non-ortho nitro benzene ring substituents is 1. The number of nitrogens with zero attached hydrogens (tertiary/aromatic N) is 2. The zero-order valence-electron chi connectivity index (χ0n) is 16.5. The summed E-state index contributed by atoms with van der Waals surface area (Å²) in [5.41, 5.74) is 0.929. The fourth-order valence-corrected chi connectivity index (χ4v) is 2.41. The summed E-state index contributed by atoms with van der Waals surface area (Å²) in [6.07, 6.45) is 0. The Labute approximate surface area is 170 Å². The minimum atomic E-state index is -0.828. The zero-order valence-corrected chi connectivity index (χ0v) is 16.5. The highest BCUT2D eigenvalue weighted by atomic mass is 16.6.